The monoisotopic (exact) mass is 346 g/mol. The molecule has 0 spiro atoms. The summed E-state index contributed by atoms with van der Waals surface area (Å²) in [5.74, 6) is 1.08. The minimum Gasteiger partial charge on any atom is -0.494 e. The zero-order chi connectivity index (χ0) is 17.9. The van der Waals surface area contributed by atoms with Gasteiger partial charge in [0.15, 0.2) is 5.82 Å². The number of amides is 1. The summed E-state index contributed by atoms with van der Waals surface area (Å²) in [5.41, 5.74) is 0.473. The number of ether oxygens (including phenoxy) is 2. The summed E-state index contributed by atoms with van der Waals surface area (Å²) in [6.45, 7) is 3.29. The van der Waals surface area contributed by atoms with Crippen molar-refractivity contribution >= 4 is 11.6 Å². The number of carbonyl (C=O) groups excluding carboxylic acids is 1. The highest BCUT2D eigenvalue weighted by Gasteiger charge is 2.39. The number of nitrogens with zero attached hydrogens (tertiary/aromatic N) is 4. The Bertz CT molecular complexity index is 754. The molecular formula is C16H22N6O3. The van der Waals surface area contributed by atoms with E-state index in [4.69, 9.17) is 9.47 Å². The highest BCUT2D eigenvalue weighted by Crippen LogP contribution is 2.29. The molecule has 0 bridgehead atoms. The first-order chi connectivity index (χ1) is 12.1. The highest BCUT2D eigenvalue weighted by molar-refractivity contribution is 5.97. The summed E-state index contributed by atoms with van der Waals surface area (Å²) < 4.78 is 12.5. The summed E-state index contributed by atoms with van der Waals surface area (Å²) >= 11 is 0. The van der Waals surface area contributed by atoms with Gasteiger partial charge in [-0.25, -0.2) is 0 Å². The Morgan fingerprint density at radius 1 is 1.32 bits per heavy atom. The normalized spacial score (nSPS) is 16.4. The van der Waals surface area contributed by atoms with Crippen LogP contribution < -0.4 is 15.4 Å². The van der Waals surface area contributed by atoms with E-state index in [0.717, 1.165) is 13.1 Å². The number of hydrogen-bond donors (Lipinski definition) is 2. The van der Waals surface area contributed by atoms with E-state index in [9.17, 15) is 4.79 Å². The lowest BCUT2D eigenvalue weighted by molar-refractivity contribution is -0.140. The number of rotatable bonds is 5. The number of nitrogens with one attached hydrogen (secondary N) is 2. The average Bonchev–Trinajstić information content (AvgIpc) is 3.08. The Balaban J connectivity index is 1.88. The van der Waals surface area contributed by atoms with Crippen LogP contribution in [0.25, 0.3) is 5.69 Å². The molecule has 1 amide bonds. The standard InChI is InChI=1S/C16H22N6O3/c1-11-19-20-21-22(11)13-10-12(4-5-14(13)24-2)18-15(23)16(25-3)6-8-17-9-7-16/h4-5,10,17H,6-9H2,1-3H3,(H,18,23). The summed E-state index contributed by atoms with van der Waals surface area (Å²) in [4.78, 5) is 12.8. The molecule has 9 heteroatoms. The van der Waals surface area contributed by atoms with Crippen LogP contribution in [-0.4, -0.2) is 59.0 Å². The zero-order valence-electron chi connectivity index (χ0n) is 14.6. The Hall–Kier alpha value is -2.52. The van der Waals surface area contributed by atoms with Crippen LogP contribution in [0.3, 0.4) is 0 Å². The fourth-order valence-corrected chi connectivity index (χ4v) is 2.99. The number of aryl methyl sites for hydroxylation is 1. The molecule has 9 nitrogen and oxygen atoms in total. The second-order valence-electron chi connectivity index (χ2n) is 5.93. The molecule has 0 radical (unpaired) electrons. The van der Waals surface area contributed by atoms with Gasteiger partial charge < -0.3 is 20.1 Å². The topological polar surface area (TPSA) is 103 Å². The average molecular weight is 346 g/mol. The molecule has 1 aromatic heterocycles. The van der Waals surface area contributed by atoms with Crippen LogP contribution in [0.2, 0.25) is 0 Å². The van der Waals surface area contributed by atoms with E-state index in [1.165, 1.54) is 0 Å². The van der Waals surface area contributed by atoms with Gasteiger partial charge in [0.05, 0.1) is 7.11 Å². The molecule has 134 valence electrons. The Morgan fingerprint density at radius 2 is 2.08 bits per heavy atom. The van der Waals surface area contributed by atoms with Gasteiger partial charge in [-0.2, -0.15) is 4.68 Å². The van der Waals surface area contributed by atoms with Crippen LogP contribution in [0.5, 0.6) is 5.75 Å². The van der Waals surface area contributed by atoms with Crippen LogP contribution in [0.4, 0.5) is 5.69 Å². The smallest absolute Gasteiger partial charge is 0.256 e. The minimum absolute atomic E-state index is 0.152. The van der Waals surface area contributed by atoms with Crippen LogP contribution >= 0.6 is 0 Å². The van der Waals surface area contributed by atoms with Crippen molar-refractivity contribution in [3.8, 4) is 11.4 Å². The molecule has 1 aliphatic rings. The molecule has 25 heavy (non-hydrogen) atoms. The van der Waals surface area contributed by atoms with Crippen LogP contribution in [-0.2, 0) is 9.53 Å². The number of piperidine rings is 1. The molecular weight excluding hydrogens is 324 g/mol. The van der Waals surface area contributed by atoms with E-state index in [1.807, 2.05) is 0 Å². The third-order valence-corrected chi connectivity index (χ3v) is 4.51. The lowest BCUT2D eigenvalue weighted by Gasteiger charge is -2.34. The molecule has 0 aliphatic carbocycles. The molecule has 2 N–H and O–H groups in total. The van der Waals surface area contributed by atoms with Crippen molar-refractivity contribution in [2.24, 2.45) is 0 Å². The predicted octanol–water partition coefficient (Wildman–Crippen LogP) is 0.686. The molecule has 0 saturated carbocycles. The van der Waals surface area contributed by atoms with E-state index in [0.29, 0.717) is 35.8 Å². The SMILES string of the molecule is COc1ccc(NC(=O)C2(OC)CCNCC2)cc1-n1nnnc1C. The predicted molar refractivity (Wildman–Crippen MR) is 90.9 cm³/mol. The largest absolute Gasteiger partial charge is 0.494 e. The number of carbonyl (C=O) groups is 1. The zero-order valence-corrected chi connectivity index (χ0v) is 14.6. The highest BCUT2D eigenvalue weighted by atomic mass is 16.5. The first-order valence-electron chi connectivity index (χ1n) is 8.10. The van der Waals surface area contributed by atoms with Crippen LogP contribution in [0.1, 0.15) is 18.7 Å². The van der Waals surface area contributed by atoms with Gasteiger partial charge in [0.2, 0.25) is 0 Å². The lowest BCUT2D eigenvalue weighted by Crippen LogP contribution is -2.51. The third-order valence-electron chi connectivity index (χ3n) is 4.51. The number of aromatic nitrogens is 4. The fourth-order valence-electron chi connectivity index (χ4n) is 2.99. The molecule has 0 unspecified atom stereocenters. The molecule has 1 fully saturated rings. The van der Waals surface area contributed by atoms with E-state index in [2.05, 4.69) is 26.2 Å². The first-order valence-corrected chi connectivity index (χ1v) is 8.10. The van der Waals surface area contributed by atoms with Crippen molar-refractivity contribution < 1.29 is 14.3 Å². The maximum Gasteiger partial charge on any atom is 0.256 e. The summed E-state index contributed by atoms with van der Waals surface area (Å²) in [7, 11) is 3.15. The number of methoxy groups -OCH3 is 2. The lowest BCUT2D eigenvalue weighted by atomic mass is 9.91. The van der Waals surface area contributed by atoms with E-state index in [1.54, 1.807) is 44.0 Å². The number of tetrazole rings is 1. The van der Waals surface area contributed by atoms with Gasteiger partial charge in [-0.15, -0.1) is 5.10 Å². The summed E-state index contributed by atoms with van der Waals surface area (Å²) in [6, 6.07) is 5.34. The van der Waals surface area contributed by atoms with Crippen LogP contribution in [0, 0.1) is 6.92 Å². The quantitative estimate of drug-likeness (QED) is 0.821. The van der Waals surface area contributed by atoms with E-state index < -0.39 is 5.60 Å². The van der Waals surface area contributed by atoms with Gasteiger partial charge in [-0.05, 0) is 61.5 Å². The van der Waals surface area contributed by atoms with E-state index in [-0.39, 0.29) is 5.91 Å². The molecule has 1 aromatic carbocycles. The van der Waals surface area contributed by atoms with Crippen molar-refractivity contribution in [3.63, 3.8) is 0 Å². The maximum atomic E-state index is 12.8. The van der Waals surface area contributed by atoms with Crippen molar-refractivity contribution in [2.75, 3.05) is 32.6 Å². The van der Waals surface area contributed by atoms with Crippen molar-refractivity contribution in [2.45, 2.75) is 25.4 Å². The Kier molecular flexibility index (Phi) is 4.95. The molecule has 1 aliphatic heterocycles. The van der Waals surface area contributed by atoms with Gasteiger partial charge in [0.1, 0.15) is 17.0 Å². The fraction of sp³-hybridized carbons (Fsp3) is 0.500. The number of anilines is 1. The third kappa shape index (κ3) is 3.33. The maximum absolute atomic E-state index is 12.8. The Morgan fingerprint density at radius 3 is 2.68 bits per heavy atom. The first kappa shape index (κ1) is 17.3. The second kappa shape index (κ2) is 7.16. The van der Waals surface area contributed by atoms with Gasteiger partial charge in [-0.1, -0.05) is 0 Å². The van der Waals surface area contributed by atoms with Gasteiger partial charge in [-0.3, -0.25) is 4.79 Å². The molecule has 2 aromatic rings. The summed E-state index contributed by atoms with van der Waals surface area (Å²) in [6.07, 6.45) is 1.26. The summed E-state index contributed by atoms with van der Waals surface area (Å²) in [5, 5.41) is 17.7. The Labute approximate surface area is 145 Å². The minimum atomic E-state index is -0.809. The molecule has 3 rings (SSSR count). The number of hydrogen-bond acceptors (Lipinski definition) is 7. The van der Waals surface area contributed by atoms with Crippen molar-refractivity contribution in [3.05, 3.63) is 24.0 Å². The van der Waals surface area contributed by atoms with E-state index >= 15 is 0 Å². The number of benzene rings is 1. The molecule has 2 heterocycles. The van der Waals surface area contributed by atoms with Crippen LogP contribution in [0.15, 0.2) is 18.2 Å². The van der Waals surface area contributed by atoms with Gasteiger partial charge in [0.25, 0.3) is 5.91 Å². The van der Waals surface area contributed by atoms with Gasteiger partial charge >= 0.3 is 0 Å². The van der Waals surface area contributed by atoms with Crippen molar-refractivity contribution in [1.29, 1.82) is 0 Å². The second-order valence-corrected chi connectivity index (χ2v) is 5.93. The molecule has 1 saturated heterocycles. The van der Waals surface area contributed by atoms with Crippen molar-refractivity contribution in [1.82, 2.24) is 25.5 Å². The molecule has 0 atom stereocenters. The van der Waals surface area contributed by atoms with Gasteiger partial charge in [0, 0.05) is 12.8 Å².